The van der Waals surface area contributed by atoms with Gasteiger partial charge in [0, 0.05) is 19.1 Å². The summed E-state index contributed by atoms with van der Waals surface area (Å²) in [6.45, 7) is 4.17. The second-order valence-electron chi connectivity index (χ2n) is 6.07. The van der Waals surface area contributed by atoms with Crippen LogP contribution in [0.25, 0.3) is 0 Å². The number of aliphatic hydroxyl groups is 1. The van der Waals surface area contributed by atoms with E-state index in [0.29, 0.717) is 6.04 Å². The van der Waals surface area contributed by atoms with Gasteiger partial charge in [-0.3, -0.25) is 0 Å². The van der Waals surface area contributed by atoms with Crippen molar-refractivity contribution in [2.24, 2.45) is 11.7 Å². The predicted molar refractivity (Wildman–Crippen MR) is 84.5 cm³/mol. The Bertz CT molecular complexity index is 325. The third kappa shape index (κ3) is 6.21. The molecule has 0 aliphatic heterocycles. The minimum atomic E-state index is -0.497. The average molecular weight is 281 g/mol. The van der Waals surface area contributed by atoms with E-state index in [1.807, 2.05) is 13.0 Å². The van der Waals surface area contributed by atoms with E-state index in [1.165, 1.54) is 12.0 Å². The van der Waals surface area contributed by atoms with Gasteiger partial charge in [0.2, 0.25) is 0 Å². The topological polar surface area (TPSA) is 55.5 Å². The first-order chi connectivity index (χ1) is 9.54. The smallest absolute Gasteiger partial charge is 0.102 e. The van der Waals surface area contributed by atoms with Gasteiger partial charge in [0.05, 0.1) is 6.10 Å². The monoisotopic (exact) mass is 281 g/mol. The lowest BCUT2D eigenvalue weighted by atomic mass is 9.93. The Labute approximate surface area is 123 Å². The Balaban J connectivity index is 2.76. The van der Waals surface area contributed by atoms with E-state index in [9.17, 15) is 5.11 Å². The van der Waals surface area contributed by atoms with Crippen LogP contribution in [-0.2, 0) is 4.74 Å². The first-order valence-electron chi connectivity index (χ1n) is 7.85. The molecule has 0 aromatic carbocycles. The Morgan fingerprint density at radius 1 is 1.30 bits per heavy atom. The molecule has 0 saturated carbocycles. The second-order valence-corrected chi connectivity index (χ2v) is 6.07. The Hall–Kier alpha value is -0.640. The maximum absolute atomic E-state index is 10.4. The van der Waals surface area contributed by atoms with Gasteiger partial charge in [-0.05, 0) is 39.0 Å². The fourth-order valence-corrected chi connectivity index (χ4v) is 2.72. The van der Waals surface area contributed by atoms with Gasteiger partial charge in [-0.25, -0.2) is 0 Å². The van der Waals surface area contributed by atoms with E-state index < -0.39 is 6.10 Å². The van der Waals surface area contributed by atoms with Crippen molar-refractivity contribution in [3.05, 3.63) is 23.8 Å². The van der Waals surface area contributed by atoms with Crippen molar-refractivity contribution in [1.29, 1.82) is 0 Å². The molecule has 0 bridgehead atoms. The summed E-state index contributed by atoms with van der Waals surface area (Å²) in [6.07, 6.45) is 12.1. The molecule has 1 rings (SSSR count). The first-order valence-corrected chi connectivity index (χ1v) is 7.85. The molecule has 0 aromatic heterocycles. The molecular weight excluding hydrogens is 250 g/mol. The number of aliphatic hydroxyl groups excluding tert-OH is 1. The second kappa shape index (κ2) is 9.32. The van der Waals surface area contributed by atoms with Crippen molar-refractivity contribution in [2.75, 3.05) is 7.11 Å². The molecule has 1 aliphatic rings. The Morgan fingerprint density at radius 2 is 2.05 bits per heavy atom. The normalized spacial score (nSPS) is 38.5. The molecule has 3 nitrogen and oxygen atoms in total. The third-order valence-corrected chi connectivity index (χ3v) is 4.13. The van der Waals surface area contributed by atoms with Crippen LogP contribution in [0.15, 0.2) is 23.8 Å². The summed E-state index contributed by atoms with van der Waals surface area (Å²) in [5, 5.41) is 10.4. The van der Waals surface area contributed by atoms with Gasteiger partial charge in [0.15, 0.2) is 0 Å². The van der Waals surface area contributed by atoms with E-state index in [1.54, 1.807) is 7.11 Å². The van der Waals surface area contributed by atoms with Crippen LogP contribution in [-0.4, -0.2) is 30.5 Å². The number of hydrogen-bond donors (Lipinski definition) is 2. The minimum Gasteiger partial charge on any atom is -0.389 e. The van der Waals surface area contributed by atoms with Crippen LogP contribution in [0.1, 0.15) is 52.4 Å². The molecule has 4 atom stereocenters. The van der Waals surface area contributed by atoms with E-state index in [4.69, 9.17) is 10.5 Å². The highest BCUT2D eigenvalue weighted by Crippen LogP contribution is 2.19. The maximum Gasteiger partial charge on any atom is 0.102 e. The summed E-state index contributed by atoms with van der Waals surface area (Å²) >= 11 is 0. The lowest BCUT2D eigenvalue weighted by Gasteiger charge is -2.23. The summed E-state index contributed by atoms with van der Waals surface area (Å²) in [6, 6.07) is 0.303. The highest BCUT2D eigenvalue weighted by Gasteiger charge is 2.21. The quantitative estimate of drug-likeness (QED) is 0.726. The SMILES string of the molecule is CO[C@H]1/C=C/CCCC[C@H](N)CC/C(C)=C\C(C)[C@@H]1O. The zero-order valence-corrected chi connectivity index (χ0v) is 13.2. The van der Waals surface area contributed by atoms with Crippen molar-refractivity contribution in [2.45, 2.75) is 70.6 Å². The molecule has 1 aliphatic carbocycles. The van der Waals surface area contributed by atoms with E-state index in [-0.39, 0.29) is 12.0 Å². The van der Waals surface area contributed by atoms with E-state index in [2.05, 4.69) is 19.1 Å². The number of methoxy groups -OCH3 is 1. The maximum atomic E-state index is 10.4. The standard InChI is InChI=1S/C17H31NO2/c1-13-10-11-15(18)8-6-4-5-7-9-16(20-3)17(19)14(2)12-13/h7,9,12,14-17,19H,4-6,8,10-11,18H2,1-3H3/b9-7+,13-12-/t14?,15-,16-,17-/m0/s1. The lowest BCUT2D eigenvalue weighted by Crippen LogP contribution is -2.31. The highest BCUT2D eigenvalue weighted by atomic mass is 16.5. The van der Waals surface area contributed by atoms with Gasteiger partial charge in [-0.15, -0.1) is 0 Å². The predicted octanol–water partition coefficient (Wildman–Crippen LogP) is 3.18. The molecular formula is C17H31NO2. The van der Waals surface area contributed by atoms with Gasteiger partial charge in [0.1, 0.15) is 6.10 Å². The molecule has 3 heteroatoms. The summed E-state index contributed by atoms with van der Waals surface area (Å²) in [7, 11) is 1.66. The van der Waals surface area contributed by atoms with Crippen molar-refractivity contribution in [3.8, 4) is 0 Å². The van der Waals surface area contributed by atoms with Crippen LogP contribution in [0.3, 0.4) is 0 Å². The fraction of sp³-hybridized carbons (Fsp3) is 0.765. The number of nitrogens with two attached hydrogens (primary N) is 1. The van der Waals surface area contributed by atoms with Crippen molar-refractivity contribution < 1.29 is 9.84 Å². The van der Waals surface area contributed by atoms with Gasteiger partial charge >= 0.3 is 0 Å². The van der Waals surface area contributed by atoms with E-state index >= 15 is 0 Å². The lowest BCUT2D eigenvalue weighted by molar-refractivity contribution is -0.00188. The molecule has 0 aromatic rings. The molecule has 1 unspecified atom stereocenters. The highest BCUT2D eigenvalue weighted by molar-refractivity contribution is 5.05. The van der Waals surface area contributed by atoms with Crippen LogP contribution in [0.2, 0.25) is 0 Å². The van der Waals surface area contributed by atoms with Crippen molar-refractivity contribution in [1.82, 2.24) is 0 Å². The third-order valence-electron chi connectivity index (χ3n) is 4.13. The summed E-state index contributed by atoms with van der Waals surface area (Å²) in [5.74, 6) is 0.0868. The van der Waals surface area contributed by atoms with Gasteiger partial charge in [0.25, 0.3) is 0 Å². The summed E-state index contributed by atoms with van der Waals surface area (Å²) in [4.78, 5) is 0. The van der Waals surface area contributed by atoms with Crippen LogP contribution < -0.4 is 5.73 Å². The number of ether oxygens (including phenoxy) is 1. The molecule has 116 valence electrons. The van der Waals surface area contributed by atoms with Gasteiger partial charge < -0.3 is 15.6 Å². The molecule has 0 radical (unpaired) electrons. The number of rotatable bonds is 1. The average Bonchev–Trinajstić information content (AvgIpc) is 2.43. The van der Waals surface area contributed by atoms with Crippen LogP contribution in [0, 0.1) is 5.92 Å². The molecule has 0 spiro atoms. The van der Waals surface area contributed by atoms with Crippen molar-refractivity contribution >= 4 is 0 Å². The summed E-state index contributed by atoms with van der Waals surface area (Å²) < 4.78 is 5.40. The minimum absolute atomic E-state index is 0.0868. The van der Waals surface area contributed by atoms with Crippen LogP contribution in [0.4, 0.5) is 0 Å². The molecule has 0 fully saturated rings. The van der Waals surface area contributed by atoms with E-state index in [0.717, 1.165) is 32.1 Å². The van der Waals surface area contributed by atoms with Crippen LogP contribution in [0.5, 0.6) is 0 Å². The number of allylic oxidation sites excluding steroid dienone is 2. The first kappa shape index (κ1) is 17.4. The van der Waals surface area contributed by atoms with Gasteiger partial charge in [-0.1, -0.05) is 37.1 Å². The van der Waals surface area contributed by atoms with Crippen molar-refractivity contribution in [3.63, 3.8) is 0 Å². The zero-order chi connectivity index (χ0) is 15.0. The van der Waals surface area contributed by atoms with Gasteiger partial charge in [-0.2, -0.15) is 0 Å². The largest absolute Gasteiger partial charge is 0.389 e. The fourth-order valence-electron chi connectivity index (χ4n) is 2.72. The molecule has 0 heterocycles. The molecule has 0 saturated heterocycles. The molecule has 3 N–H and O–H groups in total. The molecule has 0 amide bonds. The van der Waals surface area contributed by atoms with Crippen LogP contribution >= 0.6 is 0 Å². The zero-order valence-electron chi connectivity index (χ0n) is 13.2. The Kier molecular flexibility index (Phi) is 8.12. The molecule has 20 heavy (non-hydrogen) atoms. The number of hydrogen-bond acceptors (Lipinski definition) is 3. The summed E-state index contributed by atoms with van der Waals surface area (Å²) in [5.41, 5.74) is 7.45. The Morgan fingerprint density at radius 3 is 2.75 bits per heavy atom.